The Balaban J connectivity index is 1.56. The zero-order valence-corrected chi connectivity index (χ0v) is 15.4. The van der Waals surface area contributed by atoms with E-state index in [4.69, 9.17) is 27.9 Å². The Morgan fingerprint density at radius 1 is 1.16 bits per heavy atom. The third-order valence-electron chi connectivity index (χ3n) is 4.17. The molecule has 1 aromatic carbocycles. The highest BCUT2D eigenvalue weighted by Gasteiger charge is 2.29. The van der Waals surface area contributed by atoms with Crippen LogP contribution in [0.15, 0.2) is 42.6 Å². The van der Waals surface area contributed by atoms with E-state index in [9.17, 15) is 4.79 Å². The molecule has 1 aliphatic heterocycles. The van der Waals surface area contributed by atoms with Crippen molar-refractivity contribution in [2.45, 2.75) is 13.0 Å². The number of aromatic nitrogens is 1. The summed E-state index contributed by atoms with van der Waals surface area (Å²) in [6, 6.07) is 10.9. The van der Waals surface area contributed by atoms with Gasteiger partial charge in [-0.1, -0.05) is 29.3 Å². The van der Waals surface area contributed by atoms with E-state index in [-0.39, 0.29) is 5.91 Å². The van der Waals surface area contributed by atoms with Crippen LogP contribution >= 0.6 is 23.2 Å². The van der Waals surface area contributed by atoms with Gasteiger partial charge in [-0.25, -0.2) is 4.98 Å². The summed E-state index contributed by atoms with van der Waals surface area (Å²) in [6.45, 7) is 4.61. The number of piperazine rings is 1. The average Bonchev–Trinajstić information content (AvgIpc) is 2.64. The largest absolute Gasteiger partial charge is 0.479 e. The molecule has 0 saturated carbocycles. The Morgan fingerprint density at radius 2 is 1.92 bits per heavy atom. The summed E-state index contributed by atoms with van der Waals surface area (Å²) in [7, 11) is 0. The molecular formula is C18H20Cl2N3O2+. The molecule has 5 nitrogen and oxygen atoms in total. The number of amides is 1. The Hall–Kier alpha value is -1.98. The zero-order valence-electron chi connectivity index (χ0n) is 13.9. The van der Waals surface area contributed by atoms with Gasteiger partial charge in [0, 0.05) is 11.1 Å². The van der Waals surface area contributed by atoms with Crippen LogP contribution in [-0.2, 0) is 4.79 Å². The molecule has 0 aliphatic carbocycles. The molecule has 7 heteroatoms. The summed E-state index contributed by atoms with van der Waals surface area (Å²) in [5.41, 5.74) is 0. The van der Waals surface area contributed by atoms with Crippen molar-refractivity contribution in [1.82, 2.24) is 4.90 Å². The number of carbonyl (C=O) groups excluding carboxylic acids is 1. The average molecular weight is 381 g/mol. The maximum absolute atomic E-state index is 12.6. The fourth-order valence-corrected chi connectivity index (χ4v) is 3.27. The van der Waals surface area contributed by atoms with Gasteiger partial charge < -0.3 is 9.64 Å². The number of benzene rings is 1. The smallest absolute Gasteiger partial charge is 0.274 e. The molecule has 0 radical (unpaired) electrons. The van der Waals surface area contributed by atoms with E-state index in [0.29, 0.717) is 28.9 Å². The maximum Gasteiger partial charge on any atom is 0.274 e. The number of H-pyrrole nitrogens is 1. The van der Waals surface area contributed by atoms with Crippen LogP contribution in [0.4, 0.5) is 5.82 Å². The minimum absolute atomic E-state index is 0.0392. The van der Waals surface area contributed by atoms with Crippen molar-refractivity contribution >= 4 is 34.9 Å². The molecule has 0 bridgehead atoms. The topological polar surface area (TPSA) is 46.9 Å². The highest BCUT2D eigenvalue weighted by molar-refractivity contribution is 6.35. The third-order valence-corrected chi connectivity index (χ3v) is 4.70. The van der Waals surface area contributed by atoms with Gasteiger partial charge >= 0.3 is 0 Å². The van der Waals surface area contributed by atoms with E-state index in [2.05, 4.69) is 9.88 Å². The predicted octanol–water partition coefficient (Wildman–Crippen LogP) is 2.92. The van der Waals surface area contributed by atoms with Crippen LogP contribution in [0.25, 0.3) is 0 Å². The second-order valence-corrected chi connectivity index (χ2v) is 6.74. The summed E-state index contributed by atoms with van der Waals surface area (Å²) in [4.78, 5) is 19.9. The van der Waals surface area contributed by atoms with Crippen molar-refractivity contribution in [2.24, 2.45) is 0 Å². The highest BCUT2D eigenvalue weighted by atomic mass is 35.5. The van der Waals surface area contributed by atoms with Crippen LogP contribution in [-0.4, -0.2) is 43.1 Å². The van der Waals surface area contributed by atoms with Gasteiger partial charge in [-0.2, -0.15) is 0 Å². The number of aromatic amines is 1. The Labute approximate surface area is 157 Å². The molecule has 1 saturated heterocycles. The Morgan fingerprint density at radius 3 is 2.56 bits per heavy atom. The number of hydrogen-bond acceptors (Lipinski definition) is 3. The summed E-state index contributed by atoms with van der Waals surface area (Å²) in [5.74, 6) is 1.49. The number of ether oxygens (including phenoxy) is 1. The van der Waals surface area contributed by atoms with Crippen LogP contribution in [0.3, 0.4) is 0 Å². The highest BCUT2D eigenvalue weighted by Crippen LogP contribution is 2.28. The quantitative estimate of drug-likeness (QED) is 0.818. The maximum atomic E-state index is 12.6. The van der Waals surface area contributed by atoms with Crippen LogP contribution in [0.1, 0.15) is 6.92 Å². The molecule has 132 valence electrons. The second kappa shape index (κ2) is 7.93. The minimum Gasteiger partial charge on any atom is -0.479 e. The number of nitrogens with zero attached hydrogens (tertiary/aromatic N) is 2. The number of rotatable bonds is 4. The first-order valence-corrected chi connectivity index (χ1v) is 8.92. The third kappa shape index (κ3) is 4.35. The van der Waals surface area contributed by atoms with Gasteiger partial charge in [-0.15, -0.1) is 0 Å². The van der Waals surface area contributed by atoms with Gasteiger partial charge in [0.2, 0.25) is 0 Å². The lowest BCUT2D eigenvalue weighted by Crippen LogP contribution is -2.52. The molecule has 25 heavy (non-hydrogen) atoms. The van der Waals surface area contributed by atoms with Crippen molar-refractivity contribution in [3.63, 3.8) is 0 Å². The summed E-state index contributed by atoms with van der Waals surface area (Å²) in [5, 5.41) is 0.932. The summed E-state index contributed by atoms with van der Waals surface area (Å²) < 4.78 is 5.73. The molecule has 1 atom stereocenters. The normalized spacial score (nSPS) is 15.8. The number of anilines is 1. The number of nitrogens with one attached hydrogen (secondary N) is 1. The van der Waals surface area contributed by atoms with Gasteiger partial charge in [0.05, 0.1) is 24.3 Å². The molecule has 0 unspecified atom stereocenters. The standard InChI is InChI=1S/C18H19Cl2N3O2/c1-13(25-16-6-5-14(19)12-15(16)20)18(24)23-10-8-22(9-11-23)17-4-2-3-7-21-17/h2-7,12-13H,8-11H2,1H3/p+1/t13-/m0/s1. The Bertz CT molecular complexity index is 734. The first kappa shape index (κ1) is 17.8. The molecule has 1 amide bonds. The SMILES string of the molecule is C[C@H](Oc1ccc(Cl)cc1Cl)C(=O)N1CCN(c2cccc[nH+]2)CC1. The number of carbonyl (C=O) groups is 1. The molecule has 3 rings (SSSR count). The number of hydrogen-bond donors (Lipinski definition) is 0. The lowest BCUT2D eigenvalue weighted by Gasteiger charge is -2.32. The zero-order chi connectivity index (χ0) is 17.8. The molecular weight excluding hydrogens is 361 g/mol. The van der Waals surface area contributed by atoms with Crippen LogP contribution < -0.4 is 14.6 Å². The van der Waals surface area contributed by atoms with Gasteiger partial charge in [0.1, 0.15) is 18.8 Å². The monoisotopic (exact) mass is 380 g/mol. The molecule has 2 heterocycles. The van der Waals surface area contributed by atoms with Crippen molar-refractivity contribution in [1.29, 1.82) is 0 Å². The second-order valence-electron chi connectivity index (χ2n) is 5.89. The van der Waals surface area contributed by atoms with Gasteiger partial charge in [-0.05, 0) is 31.2 Å². The molecule has 0 spiro atoms. The first-order valence-electron chi connectivity index (χ1n) is 8.17. The molecule has 1 fully saturated rings. The van der Waals surface area contributed by atoms with E-state index in [1.165, 1.54) is 0 Å². The Kier molecular flexibility index (Phi) is 5.66. The van der Waals surface area contributed by atoms with Gasteiger partial charge in [-0.3, -0.25) is 9.69 Å². The predicted molar refractivity (Wildman–Crippen MR) is 98.3 cm³/mol. The van der Waals surface area contributed by atoms with Crippen molar-refractivity contribution < 1.29 is 14.5 Å². The van der Waals surface area contributed by atoms with Crippen molar-refractivity contribution in [3.05, 3.63) is 52.6 Å². The van der Waals surface area contributed by atoms with E-state index >= 15 is 0 Å². The number of halogens is 2. The van der Waals surface area contributed by atoms with E-state index in [0.717, 1.165) is 18.9 Å². The van der Waals surface area contributed by atoms with Gasteiger partial charge in [0.25, 0.3) is 11.7 Å². The van der Waals surface area contributed by atoms with Crippen molar-refractivity contribution in [2.75, 3.05) is 31.1 Å². The number of pyridine rings is 1. The summed E-state index contributed by atoms with van der Waals surface area (Å²) in [6.07, 6.45) is 1.30. The lowest BCUT2D eigenvalue weighted by molar-refractivity contribution is -0.364. The van der Waals surface area contributed by atoms with E-state index in [1.54, 1.807) is 25.1 Å². The van der Waals surface area contributed by atoms with E-state index in [1.807, 2.05) is 29.3 Å². The fourth-order valence-electron chi connectivity index (χ4n) is 2.82. The first-order chi connectivity index (χ1) is 12.0. The van der Waals surface area contributed by atoms with Crippen LogP contribution in [0.2, 0.25) is 10.0 Å². The van der Waals surface area contributed by atoms with Crippen LogP contribution in [0.5, 0.6) is 5.75 Å². The molecule has 1 aliphatic rings. The fraction of sp³-hybridized carbons (Fsp3) is 0.333. The lowest BCUT2D eigenvalue weighted by atomic mass is 10.2. The van der Waals surface area contributed by atoms with Gasteiger partial charge in [0.15, 0.2) is 6.10 Å². The van der Waals surface area contributed by atoms with E-state index < -0.39 is 6.10 Å². The molecule has 1 aromatic heterocycles. The van der Waals surface area contributed by atoms with Crippen molar-refractivity contribution in [3.8, 4) is 5.75 Å². The summed E-state index contributed by atoms with van der Waals surface area (Å²) >= 11 is 12.0. The minimum atomic E-state index is -0.603. The molecule has 2 aromatic rings. The molecule has 1 N–H and O–H groups in total. The van der Waals surface area contributed by atoms with Crippen LogP contribution in [0, 0.1) is 0 Å².